The van der Waals surface area contributed by atoms with Gasteiger partial charge in [-0.3, -0.25) is 4.79 Å². The van der Waals surface area contributed by atoms with E-state index < -0.39 is 17.8 Å². The highest BCUT2D eigenvalue weighted by Crippen LogP contribution is 2.33. The molecule has 0 atom stereocenters. The van der Waals surface area contributed by atoms with Gasteiger partial charge in [0.05, 0.1) is 16.8 Å². The number of fused-ring (bicyclic) bond motifs is 1. The van der Waals surface area contributed by atoms with E-state index in [-0.39, 0.29) is 16.9 Å². The highest BCUT2D eigenvalue weighted by Gasteiger charge is 2.36. The van der Waals surface area contributed by atoms with Gasteiger partial charge < -0.3 is 5.32 Å². The number of thiophene rings is 1. The van der Waals surface area contributed by atoms with Crippen molar-refractivity contribution in [2.24, 2.45) is 0 Å². The van der Waals surface area contributed by atoms with Crippen molar-refractivity contribution in [3.63, 3.8) is 0 Å². The van der Waals surface area contributed by atoms with Gasteiger partial charge in [-0.05, 0) is 49.6 Å². The van der Waals surface area contributed by atoms with E-state index in [9.17, 15) is 18.0 Å². The summed E-state index contributed by atoms with van der Waals surface area (Å²) in [6.45, 7) is 0.429. The van der Waals surface area contributed by atoms with Crippen LogP contribution in [-0.4, -0.2) is 27.0 Å². The summed E-state index contributed by atoms with van der Waals surface area (Å²) in [4.78, 5) is 17.5. The number of carbonyl (C=O) groups excluding carboxylic acids is 1. The third kappa shape index (κ3) is 4.19. The molecule has 3 aromatic heterocycles. The molecule has 0 radical (unpaired) electrons. The Morgan fingerprint density at radius 2 is 2.17 bits per heavy atom. The summed E-state index contributed by atoms with van der Waals surface area (Å²) in [6, 6.07) is 4.39. The van der Waals surface area contributed by atoms with Crippen molar-refractivity contribution in [2.75, 3.05) is 6.54 Å². The monoisotopic (exact) mass is 420 g/mol. The molecule has 4 rings (SSSR count). The summed E-state index contributed by atoms with van der Waals surface area (Å²) in [6.07, 6.45) is 3.91. The molecule has 1 aliphatic carbocycles. The van der Waals surface area contributed by atoms with Gasteiger partial charge in [0.2, 0.25) is 0 Å². The van der Waals surface area contributed by atoms with E-state index in [1.807, 2.05) is 0 Å². The van der Waals surface area contributed by atoms with E-state index in [2.05, 4.69) is 21.5 Å². The van der Waals surface area contributed by atoms with Gasteiger partial charge in [-0.15, -0.1) is 11.3 Å². The number of allylic oxidation sites excluding steroid dienone is 1. The number of hydrogen-bond donors (Lipinski definition) is 1. The number of aromatic nitrogens is 3. The second-order valence-electron chi connectivity index (χ2n) is 6.91. The van der Waals surface area contributed by atoms with Crippen LogP contribution in [0.3, 0.4) is 0 Å². The van der Waals surface area contributed by atoms with Crippen molar-refractivity contribution >= 4 is 22.9 Å². The fourth-order valence-electron chi connectivity index (χ4n) is 3.44. The molecule has 0 aliphatic heterocycles. The normalized spacial score (nSPS) is 14.8. The largest absolute Gasteiger partial charge is 0.433 e. The highest BCUT2D eigenvalue weighted by atomic mass is 32.1. The van der Waals surface area contributed by atoms with Crippen molar-refractivity contribution in [3.05, 3.63) is 52.7 Å². The molecule has 3 aromatic rings. The van der Waals surface area contributed by atoms with Crippen LogP contribution >= 0.6 is 11.3 Å². The van der Waals surface area contributed by atoms with E-state index in [0.717, 1.165) is 37.9 Å². The van der Waals surface area contributed by atoms with E-state index in [1.165, 1.54) is 23.3 Å². The van der Waals surface area contributed by atoms with Crippen molar-refractivity contribution in [2.45, 2.75) is 38.3 Å². The molecule has 0 bridgehead atoms. The number of hydrogen-bond acceptors (Lipinski definition) is 4. The maximum Gasteiger partial charge on any atom is 0.433 e. The zero-order valence-electron chi connectivity index (χ0n) is 15.5. The van der Waals surface area contributed by atoms with Crippen LogP contribution in [0.5, 0.6) is 0 Å². The van der Waals surface area contributed by atoms with Crippen molar-refractivity contribution < 1.29 is 18.0 Å². The molecule has 29 heavy (non-hydrogen) atoms. The summed E-state index contributed by atoms with van der Waals surface area (Å²) in [7, 11) is 0. The first-order valence-corrected chi connectivity index (χ1v) is 10.3. The molecule has 5 nitrogen and oxygen atoms in total. The molecule has 1 N–H and O–H groups in total. The summed E-state index contributed by atoms with van der Waals surface area (Å²) in [5.74, 6) is -0.472. The average Bonchev–Trinajstić information content (AvgIpc) is 3.37. The Bertz CT molecular complexity index is 1050. The van der Waals surface area contributed by atoms with Gasteiger partial charge in [-0.1, -0.05) is 17.7 Å². The van der Waals surface area contributed by atoms with Crippen LogP contribution in [0.1, 0.15) is 48.2 Å². The molecule has 3 heterocycles. The third-order valence-corrected chi connectivity index (χ3v) is 5.79. The minimum Gasteiger partial charge on any atom is -0.352 e. The number of nitrogens with one attached hydrogen (secondary N) is 1. The van der Waals surface area contributed by atoms with Crippen LogP contribution in [0, 0.1) is 0 Å². The molecule has 152 valence electrons. The predicted molar refractivity (Wildman–Crippen MR) is 105 cm³/mol. The second-order valence-corrected chi connectivity index (χ2v) is 7.86. The summed E-state index contributed by atoms with van der Waals surface area (Å²) < 4.78 is 41.4. The maximum absolute atomic E-state index is 13.6. The van der Waals surface area contributed by atoms with Crippen molar-refractivity contribution in [1.82, 2.24) is 19.9 Å². The zero-order valence-corrected chi connectivity index (χ0v) is 16.3. The van der Waals surface area contributed by atoms with Crippen molar-refractivity contribution in [1.29, 1.82) is 0 Å². The molecule has 9 heteroatoms. The first-order valence-electron chi connectivity index (χ1n) is 9.39. The van der Waals surface area contributed by atoms with Crippen LogP contribution in [0.2, 0.25) is 0 Å². The van der Waals surface area contributed by atoms with Crippen molar-refractivity contribution in [3.8, 4) is 10.6 Å². The topological polar surface area (TPSA) is 59.3 Å². The lowest BCUT2D eigenvalue weighted by atomic mass is 9.97. The van der Waals surface area contributed by atoms with E-state index >= 15 is 0 Å². The van der Waals surface area contributed by atoms with E-state index in [0.29, 0.717) is 15.9 Å². The maximum atomic E-state index is 13.6. The molecule has 1 aliphatic rings. The predicted octanol–water partition coefficient (Wildman–Crippen LogP) is 5.10. The Labute approximate surface area is 169 Å². The first-order chi connectivity index (χ1) is 13.9. The fraction of sp³-hybridized carbons (Fsp3) is 0.350. The van der Waals surface area contributed by atoms with Gasteiger partial charge in [-0.25, -0.2) is 9.50 Å². The number of nitrogens with zero attached hydrogens (tertiary/aromatic N) is 3. The molecule has 0 saturated carbocycles. The molecule has 0 fully saturated rings. The molecule has 0 saturated heterocycles. The van der Waals surface area contributed by atoms with Gasteiger partial charge in [0.1, 0.15) is 5.56 Å². The van der Waals surface area contributed by atoms with Gasteiger partial charge in [0, 0.05) is 6.54 Å². The third-order valence-electron chi connectivity index (χ3n) is 4.90. The Balaban J connectivity index is 1.63. The number of rotatable bonds is 5. The van der Waals surface area contributed by atoms with Gasteiger partial charge >= 0.3 is 6.18 Å². The smallest absolute Gasteiger partial charge is 0.352 e. The van der Waals surface area contributed by atoms with Crippen LogP contribution < -0.4 is 5.32 Å². The fourth-order valence-corrected chi connectivity index (χ4v) is 4.13. The highest BCUT2D eigenvalue weighted by molar-refractivity contribution is 7.13. The number of carbonyl (C=O) groups is 1. The molecule has 0 unspecified atom stereocenters. The van der Waals surface area contributed by atoms with Crippen LogP contribution in [0.15, 0.2) is 41.4 Å². The van der Waals surface area contributed by atoms with Crippen LogP contribution in [0.25, 0.3) is 16.2 Å². The molecule has 0 aromatic carbocycles. The Morgan fingerprint density at radius 3 is 2.86 bits per heavy atom. The quantitative estimate of drug-likeness (QED) is 0.585. The summed E-state index contributed by atoms with van der Waals surface area (Å²) >= 11 is 1.28. The minimum atomic E-state index is -4.62. The molecular weight excluding hydrogens is 401 g/mol. The van der Waals surface area contributed by atoms with E-state index in [4.69, 9.17) is 0 Å². The van der Waals surface area contributed by atoms with Crippen LogP contribution in [0.4, 0.5) is 13.2 Å². The van der Waals surface area contributed by atoms with Gasteiger partial charge in [0.15, 0.2) is 11.3 Å². The van der Waals surface area contributed by atoms with E-state index in [1.54, 1.807) is 17.5 Å². The Morgan fingerprint density at radius 1 is 1.31 bits per heavy atom. The zero-order chi connectivity index (χ0) is 20.4. The summed E-state index contributed by atoms with van der Waals surface area (Å²) in [5.41, 5.74) is 0.456. The number of alkyl halides is 3. The number of amides is 1. The first kappa shape index (κ1) is 19.6. The summed E-state index contributed by atoms with van der Waals surface area (Å²) in [5, 5.41) is 8.34. The lowest BCUT2D eigenvalue weighted by molar-refractivity contribution is -0.142. The average molecular weight is 420 g/mol. The Kier molecular flexibility index (Phi) is 5.40. The molecule has 1 amide bonds. The van der Waals surface area contributed by atoms with Gasteiger partial charge in [-0.2, -0.15) is 18.3 Å². The van der Waals surface area contributed by atoms with Crippen LogP contribution in [-0.2, 0) is 6.18 Å². The number of halogens is 3. The Hall–Kier alpha value is -2.68. The lowest BCUT2D eigenvalue weighted by Gasteiger charge is -2.13. The lowest BCUT2D eigenvalue weighted by Crippen LogP contribution is -2.25. The second kappa shape index (κ2) is 7.98. The van der Waals surface area contributed by atoms with Gasteiger partial charge in [0.25, 0.3) is 5.91 Å². The standard InChI is InChI=1S/C20H19F3N4OS/c21-20(22,23)17-11-15(16-7-4-10-29-16)26-18-14(12-25-27(17)18)19(28)24-9-8-13-5-2-1-3-6-13/h4-5,7,10-12H,1-3,6,8-9H2,(H,24,28). The SMILES string of the molecule is O=C(NCCC1=CCCCC1)c1cnn2c(C(F)(F)F)cc(-c3cccs3)nc12. The minimum absolute atomic E-state index is 0.0338. The molecular formula is C20H19F3N4OS. The molecule has 0 spiro atoms.